The van der Waals surface area contributed by atoms with Gasteiger partial charge in [0, 0.05) is 24.2 Å². The maximum absolute atomic E-state index is 14.5. The van der Waals surface area contributed by atoms with Crippen LogP contribution in [0.4, 0.5) is 14.5 Å². The van der Waals surface area contributed by atoms with Gasteiger partial charge >= 0.3 is 0 Å². The van der Waals surface area contributed by atoms with Crippen LogP contribution in [-0.4, -0.2) is 22.1 Å². The van der Waals surface area contributed by atoms with Crippen LogP contribution in [0.25, 0.3) is 0 Å². The molecule has 34 heavy (non-hydrogen) atoms. The molecule has 3 aromatic rings. The molecule has 1 aliphatic heterocycles. The number of hydrogen-bond donors (Lipinski definition) is 0. The van der Waals surface area contributed by atoms with E-state index in [9.17, 15) is 17.2 Å². The van der Waals surface area contributed by atoms with E-state index >= 15 is 0 Å². The molecule has 1 saturated carbocycles. The van der Waals surface area contributed by atoms with E-state index in [4.69, 9.17) is 9.47 Å². The van der Waals surface area contributed by atoms with Gasteiger partial charge in [0.05, 0.1) is 17.7 Å². The Bertz CT molecular complexity index is 1340. The summed E-state index contributed by atoms with van der Waals surface area (Å²) in [5, 5.41) is 0. The van der Waals surface area contributed by atoms with Crippen molar-refractivity contribution in [3.05, 3.63) is 82.9 Å². The van der Waals surface area contributed by atoms with Gasteiger partial charge in [0.25, 0.3) is 10.0 Å². The Balaban J connectivity index is 1.44. The van der Waals surface area contributed by atoms with Gasteiger partial charge in [-0.3, -0.25) is 4.31 Å². The van der Waals surface area contributed by atoms with Crippen LogP contribution in [0.2, 0.25) is 0 Å². The van der Waals surface area contributed by atoms with Crippen molar-refractivity contribution < 1.29 is 26.7 Å². The van der Waals surface area contributed by atoms with Crippen molar-refractivity contribution >= 4 is 15.7 Å². The molecule has 3 aromatic carbocycles. The Labute approximate surface area is 198 Å². The molecule has 8 heteroatoms. The molecule has 1 fully saturated rings. The van der Waals surface area contributed by atoms with Crippen molar-refractivity contribution in [1.82, 2.24) is 0 Å². The average molecular weight is 486 g/mol. The van der Waals surface area contributed by atoms with Crippen molar-refractivity contribution in [1.29, 1.82) is 0 Å². The Morgan fingerprint density at radius 3 is 2.62 bits per heavy atom. The molecule has 0 atom stereocenters. The summed E-state index contributed by atoms with van der Waals surface area (Å²) in [5.41, 5.74) is 2.92. The normalized spacial score (nSPS) is 15.7. The minimum Gasteiger partial charge on any atom is -0.494 e. The van der Waals surface area contributed by atoms with E-state index < -0.39 is 15.8 Å². The van der Waals surface area contributed by atoms with Crippen LogP contribution < -0.4 is 13.8 Å². The molecule has 1 heterocycles. The number of methoxy groups -OCH3 is 1. The predicted molar refractivity (Wildman–Crippen MR) is 125 cm³/mol. The highest BCUT2D eigenvalue weighted by atomic mass is 32.2. The summed E-state index contributed by atoms with van der Waals surface area (Å²) < 4.78 is 67.5. The van der Waals surface area contributed by atoms with Gasteiger partial charge in [-0.1, -0.05) is 18.2 Å². The zero-order valence-corrected chi connectivity index (χ0v) is 19.6. The van der Waals surface area contributed by atoms with E-state index in [0.717, 1.165) is 36.5 Å². The van der Waals surface area contributed by atoms with Crippen LogP contribution in [0.1, 0.15) is 41.9 Å². The number of ether oxygens (including phenoxy) is 2. The second kappa shape index (κ2) is 8.91. The monoisotopic (exact) mass is 485 g/mol. The van der Waals surface area contributed by atoms with E-state index in [1.54, 1.807) is 18.2 Å². The van der Waals surface area contributed by atoms with Crippen molar-refractivity contribution in [3.63, 3.8) is 0 Å². The zero-order valence-electron chi connectivity index (χ0n) is 18.8. The van der Waals surface area contributed by atoms with Crippen molar-refractivity contribution in [2.45, 2.75) is 43.1 Å². The van der Waals surface area contributed by atoms with Gasteiger partial charge < -0.3 is 9.47 Å². The minimum absolute atomic E-state index is 0.0506. The first-order chi connectivity index (χ1) is 16.4. The summed E-state index contributed by atoms with van der Waals surface area (Å²) in [6.07, 6.45) is 3.49. The summed E-state index contributed by atoms with van der Waals surface area (Å²) in [7, 11) is -2.66. The lowest BCUT2D eigenvalue weighted by molar-refractivity contribution is 0.298. The van der Waals surface area contributed by atoms with Crippen LogP contribution in [0.15, 0.2) is 59.5 Å². The number of aryl methyl sites for hydroxylation is 1. The molecule has 5 nitrogen and oxygen atoms in total. The summed E-state index contributed by atoms with van der Waals surface area (Å²) in [5.74, 6) is -0.216. The highest BCUT2D eigenvalue weighted by Gasteiger charge is 2.31. The second-order valence-electron chi connectivity index (χ2n) is 8.64. The lowest BCUT2D eigenvalue weighted by atomic mass is 10.0. The van der Waals surface area contributed by atoms with Gasteiger partial charge in [0.15, 0.2) is 11.6 Å². The van der Waals surface area contributed by atoms with Gasteiger partial charge in [-0.15, -0.1) is 0 Å². The largest absolute Gasteiger partial charge is 0.494 e. The number of rotatable bonds is 7. The molecule has 0 radical (unpaired) electrons. The topological polar surface area (TPSA) is 55.8 Å². The average Bonchev–Trinajstić information content (AvgIpc) is 3.68. The standard InChI is InChI=1S/C26H25F2NO4S/c1-32-26-15-20(11-12-24(26)28)34(30,31)29-13-3-4-18-9-10-19(14-25(18)29)33-16-22-21(17-7-8-17)5-2-6-23(22)27/h2,5-6,9-12,14-15,17H,3-4,7-8,13,16H2,1H3. The van der Waals surface area contributed by atoms with Gasteiger partial charge in [-0.2, -0.15) is 0 Å². The van der Waals surface area contributed by atoms with E-state index in [2.05, 4.69) is 0 Å². The molecule has 2 aliphatic rings. The number of hydrogen-bond acceptors (Lipinski definition) is 4. The second-order valence-corrected chi connectivity index (χ2v) is 10.5. The highest BCUT2D eigenvalue weighted by molar-refractivity contribution is 7.92. The number of anilines is 1. The molecule has 0 N–H and O–H groups in total. The molecule has 0 spiro atoms. The third kappa shape index (κ3) is 4.22. The quantitative estimate of drug-likeness (QED) is 0.439. The molecular formula is C26H25F2NO4S. The van der Waals surface area contributed by atoms with E-state index in [1.165, 1.54) is 29.6 Å². The summed E-state index contributed by atoms with van der Waals surface area (Å²) in [4.78, 5) is -0.0506. The zero-order chi connectivity index (χ0) is 23.9. The first-order valence-corrected chi connectivity index (χ1v) is 12.7. The lowest BCUT2D eigenvalue weighted by Crippen LogP contribution is -2.35. The van der Waals surface area contributed by atoms with Crippen molar-refractivity contribution in [2.24, 2.45) is 0 Å². The first-order valence-electron chi connectivity index (χ1n) is 11.3. The molecule has 0 aromatic heterocycles. The number of nitrogens with zero attached hydrogens (tertiary/aromatic N) is 1. The Kier molecular flexibility index (Phi) is 5.93. The molecule has 0 unspecified atom stereocenters. The third-order valence-corrected chi connectivity index (χ3v) is 8.21. The minimum atomic E-state index is -3.95. The maximum Gasteiger partial charge on any atom is 0.264 e. The maximum atomic E-state index is 14.5. The molecule has 0 saturated heterocycles. The van der Waals surface area contributed by atoms with Crippen molar-refractivity contribution in [2.75, 3.05) is 18.0 Å². The summed E-state index contributed by atoms with van der Waals surface area (Å²) in [6.45, 7) is 0.358. The molecule has 1 aliphatic carbocycles. The van der Waals surface area contributed by atoms with Crippen LogP contribution in [-0.2, 0) is 23.1 Å². The molecular weight excluding hydrogens is 460 g/mol. The van der Waals surface area contributed by atoms with E-state index in [-0.39, 0.29) is 29.6 Å². The lowest BCUT2D eigenvalue weighted by Gasteiger charge is -2.31. The predicted octanol–water partition coefficient (Wildman–Crippen LogP) is 5.57. The van der Waals surface area contributed by atoms with E-state index in [0.29, 0.717) is 29.3 Å². The molecule has 178 valence electrons. The number of sulfonamides is 1. The Hall–Kier alpha value is -3.13. The van der Waals surface area contributed by atoms with Crippen LogP contribution in [0.3, 0.4) is 0 Å². The van der Waals surface area contributed by atoms with Gasteiger partial charge in [0.2, 0.25) is 0 Å². The highest BCUT2D eigenvalue weighted by Crippen LogP contribution is 2.42. The number of halogens is 2. The molecule has 5 rings (SSSR count). The molecule has 0 bridgehead atoms. The fraction of sp³-hybridized carbons (Fsp3) is 0.308. The van der Waals surface area contributed by atoms with Crippen LogP contribution in [0, 0.1) is 11.6 Å². The fourth-order valence-electron chi connectivity index (χ4n) is 4.45. The first kappa shape index (κ1) is 22.7. The van der Waals surface area contributed by atoms with Crippen LogP contribution in [0.5, 0.6) is 11.5 Å². The number of fused-ring (bicyclic) bond motifs is 1. The molecule has 0 amide bonds. The fourth-order valence-corrected chi connectivity index (χ4v) is 6.00. The van der Waals surface area contributed by atoms with Crippen molar-refractivity contribution in [3.8, 4) is 11.5 Å². The van der Waals surface area contributed by atoms with Gasteiger partial charge in [0.1, 0.15) is 18.2 Å². The van der Waals surface area contributed by atoms with Gasteiger partial charge in [-0.05, 0) is 67.0 Å². The Morgan fingerprint density at radius 2 is 1.85 bits per heavy atom. The van der Waals surface area contributed by atoms with E-state index in [1.807, 2.05) is 12.1 Å². The number of benzene rings is 3. The van der Waals surface area contributed by atoms with Crippen LogP contribution >= 0.6 is 0 Å². The van der Waals surface area contributed by atoms with Gasteiger partial charge in [-0.25, -0.2) is 17.2 Å². The third-order valence-electron chi connectivity index (χ3n) is 6.40. The SMILES string of the molecule is COc1cc(S(=O)(=O)N2CCCc3ccc(OCc4c(F)cccc4C4CC4)cc32)ccc1F. The summed E-state index contributed by atoms with van der Waals surface area (Å²) >= 11 is 0. The smallest absolute Gasteiger partial charge is 0.264 e. The Morgan fingerprint density at radius 1 is 1.03 bits per heavy atom. The summed E-state index contributed by atoms with van der Waals surface area (Å²) in [6, 6.07) is 13.9.